The second kappa shape index (κ2) is 9.47. The molecule has 4 rings (SSSR count). The van der Waals surface area contributed by atoms with E-state index < -0.39 is 0 Å². The van der Waals surface area contributed by atoms with Crippen LogP contribution in [0.5, 0.6) is 0 Å². The van der Waals surface area contributed by atoms with Crippen molar-refractivity contribution in [2.75, 3.05) is 39.4 Å². The zero-order chi connectivity index (χ0) is 20.9. The Morgan fingerprint density at radius 2 is 1.87 bits per heavy atom. The van der Waals surface area contributed by atoms with Gasteiger partial charge in [-0.2, -0.15) is 0 Å². The fourth-order valence-corrected chi connectivity index (χ4v) is 3.80. The molecule has 1 aromatic heterocycles. The lowest BCUT2D eigenvalue weighted by Crippen LogP contribution is -2.41. The summed E-state index contributed by atoms with van der Waals surface area (Å²) < 4.78 is 20.4. The van der Waals surface area contributed by atoms with Gasteiger partial charge in [0, 0.05) is 26.2 Å². The highest BCUT2D eigenvalue weighted by molar-refractivity contribution is 5.77. The third-order valence-corrected chi connectivity index (χ3v) is 5.51. The molecule has 158 valence electrons. The van der Waals surface area contributed by atoms with E-state index >= 15 is 0 Å². The molecule has 0 amide bonds. The van der Waals surface area contributed by atoms with Crippen molar-refractivity contribution in [2.45, 2.75) is 19.5 Å². The van der Waals surface area contributed by atoms with Gasteiger partial charge in [0.25, 0.3) is 5.56 Å². The average Bonchev–Trinajstić information content (AvgIpc) is 2.77. The van der Waals surface area contributed by atoms with Crippen LogP contribution >= 0.6 is 0 Å². The van der Waals surface area contributed by atoms with Gasteiger partial charge in [-0.3, -0.25) is 14.3 Å². The van der Waals surface area contributed by atoms with E-state index in [1.54, 1.807) is 22.8 Å². The molecule has 0 radical (unpaired) electrons. The summed E-state index contributed by atoms with van der Waals surface area (Å²) in [6.07, 6.45) is 0. The molecule has 1 N–H and O–H groups in total. The Balaban J connectivity index is 1.59. The summed E-state index contributed by atoms with van der Waals surface area (Å²) in [6.45, 7) is 7.53. The second-order valence-electron chi connectivity index (χ2n) is 7.63. The van der Waals surface area contributed by atoms with Gasteiger partial charge >= 0.3 is 0 Å². The number of ether oxygens (including phenoxy) is 1. The molecule has 2 aromatic carbocycles. The van der Waals surface area contributed by atoms with Crippen molar-refractivity contribution in [3.8, 4) is 0 Å². The van der Waals surface area contributed by atoms with Gasteiger partial charge in [-0.25, -0.2) is 9.37 Å². The van der Waals surface area contributed by atoms with Crippen molar-refractivity contribution in [3.63, 3.8) is 0 Å². The summed E-state index contributed by atoms with van der Waals surface area (Å²) in [5.41, 5.74) is 1.47. The monoisotopic (exact) mass is 410 g/mol. The molecule has 3 aromatic rings. The number of aromatic nitrogens is 2. The van der Waals surface area contributed by atoms with E-state index in [1.807, 2.05) is 25.1 Å². The van der Waals surface area contributed by atoms with Crippen LogP contribution in [0.25, 0.3) is 10.9 Å². The SMILES string of the molecule is CC(NCCN1CCOCC1)c1nc2ccccc2c(=O)n1Cc1ccc(F)cc1. The number of halogens is 1. The van der Waals surface area contributed by atoms with Gasteiger partial charge in [-0.15, -0.1) is 0 Å². The first-order valence-corrected chi connectivity index (χ1v) is 10.4. The normalized spacial score (nSPS) is 16.1. The van der Waals surface area contributed by atoms with Gasteiger partial charge in [-0.1, -0.05) is 24.3 Å². The van der Waals surface area contributed by atoms with Gasteiger partial charge in [0.2, 0.25) is 0 Å². The molecule has 0 bridgehead atoms. The summed E-state index contributed by atoms with van der Waals surface area (Å²) in [7, 11) is 0. The van der Waals surface area contributed by atoms with Crippen LogP contribution in [0.2, 0.25) is 0 Å². The molecule has 0 saturated carbocycles. The van der Waals surface area contributed by atoms with Gasteiger partial charge in [0.1, 0.15) is 11.6 Å². The predicted molar refractivity (Wildman–Crippen MR) is 115 cm³/mol. The Bertz CT molecular complexity index is 1050. The van der Waals surface area contributed by atoms with Crippen molar-refractivity contribution >= 4 is 10.9 Å². The number of hydrogen-bond acceptors (Lipinski definition) is 5. The minimum absolute atomic E-state index is 0.0817. The number of fused-ring (bicyclic) bond motifs is 1. The Morgan fingerprint density at radius 3 is 2.63 bits per heavy atom. The molecule has 1 saturated heterocycles. The second-order valence-corrected chi connectivity index (χ2v) is 7.63. The molecule has 30 heavy (non-hydrogen) atoms. The Morgan fingerprint density at radius 1 is 1.13 bits per heavy atom. The Kier molecular flexibility index (Phi) is 6.52. The van der Waals surface area contributed by atoms with Gasteiger partial charge < -0.3 is 10.1 Å². The van der Waals surface area contributed by atoms with E-state index in [-0.39, 0.29) is 17.4 Å². The van der Waals surface area contributed by atoms with Crippen molar-refractivity contribution in [2.24, 2.45) is 0 Å². The average molecular weight is 410 g/mol. The molecule has 1 fully saturated rings. The van der Waals surface area contributed by atoms with Crippen LogP contribution in [-0.2, 0) is 11.3 Å². The minimum Gasteiger partial charge on any atom is -0.379 e. The maximum Gasteiger partial charge on any atom is 0.261 e. The van der Waals surface area contributed by atoms with Crippen LogP contribution in [0, 0.1) is 5.82 Å². The van der Waals surface area contributed by atoms with E-state index in [4.69, 9.17) is 9.72 Å². The maximum atomic E-state index is 13.3. The fourth-order valence-electron chi connectivity index (χ4n) is 3.80. The van der Waals surface area contributed by atoms with E-state index in [0.29, 0.717) is 23.3 Å². The molecular weight excluding hydrogens is 383 g/mol. The van der Waals surface area contributed by atoms with E-state index in [9.17, 15) is 9.18 Å². The molecule has 1 unspecified atom stereocenters. The Labute approximate surface area is 175 Å². The lowest BCUT2D eigenvalue weighted by Gasteiger charge is -2.27. The van der Waals surface area contributed by atoms with Gasteiger partial charge in [-0.05, 0) is 36.8 Å². The number of benzene rings is 2. The highest BCUT2D eigenvalue weighted by atomic mass is 19.1. The number of morpholine rings is 1. The van der Waals surface area contributed by atoms with Crippen LogP contribution in [0.3, 0.4) is 0 Å². The lowest BCUT2D eigenvalue weighted by molar-refractivity contribution is 0.0381. The molecule has 2 heterocycles. The molecular formula is C23H27FN4O2. The zero-order valence-corrected chi connectivity index (χ0v) is 17.2. The summed E-state index contributed by atoms with van der Waals surface area (Å²) in [6, 6.07) is 13.5. The smallest absolute Gasteiger partial charge is 0.261 e. The number of nitrogens with zero attached hydrogens (tertiary/aromatic N) is 3. The third kappa shape index (κ3) is 4.75. The van der Waals surface area contributed by atoms with Crippen molar-refractivity contribution in [3.05, 3.63) is 76.1 Å². The molecule has 1 atom stereocenters. The molecule has 0 aliphatic carbocycles. The maximum absolute atomic E-state index is 13.3. The summed E-state index contributed by atoms with van der Waals surface area (Å²) >= 11 is 0. The van der Waals surface area contributed by atoms with Crippen molar-refractivity contribution in [1.82, 2.24) is 19.8 Å². The zero-order valence-electron chi connectivity index (χ0n) is 17.2. The number of nitrogens with one attached hydrogen (secondary N) is 1. The number of hydrogen-bond donors (Lipinski definition) is 1. The molecule has 6 nitrogen and oxygen atoms in total. The van der Waals surface area contributed by atoms with E-state index in [0.717, 1.165) is 45.0 Å². The minimum atomic E-state index is -0.291. The topological polar surface area (TPSA) is 59.4 Å². The lowest BCUT2D eigenvalue weighted by atomic mass is 10.2. The van der Waals surface area contributed by atoms with Crippen molar-refractivity contribution < 1.29 is 9.13 Å². The highest BCUT2D eigenvalue weighted by Gasteiger charge is 2.17. The van der Waals surface area contributed by atoms with E-state index in [2.05, 4.69) is 10.2 Å². The first-order chi connectivity index (χ1) is 14.6. The van der Waals surface area contributed by atoms with Crippen LogP contribution in [-0.4, -0.2) is 53.8 Å². The summed E-state index contributed by atoms with van der Waals surface area (Å²) in [5, 5.41) is 4.10. The highest BCUT2D eigenvalue weighted by Crippen LogP contribution is 2.15. The van der Waals surface area contributed by atoms with Crippen LogP contribution in [0.4, 0.5) is 4.39 Å². The first kappa shape index (κ1) is 20.7. The van der Waals surface area contributed by atoms with Gasteiger partial charge in [0.15, 0.2) is 0 Å². The molecule has 1 aliphatic rings. The number of rotatable bonds is 7. The van der Waals surface area contributed by atoms with Crippen LogP contribution in [0.1, 0.15) is 24.4 Å². The van der Waals surface area contributed by atoms with Crippen molar-refractivity contribution in [1.29, 1.82) is 0 Å². The molecule has 7 heteroatoms. The largest absolute Gasteiger partial charge is 0.379 e. The summed E-state index contributed by atoms with van der Waals surface area (Å²) in [5.74, 6) is 0.395. The first-order valence-electron chi connectivity index (χ1n) is 10.4. The predicted octanol–water partition coefficient (Wildman–Crippen LogP) is 2.57. The molecule has 1 aliphatic heterocycles. The number of para-hydroxylation sites is 1. The van der Waals surface area contributed by atoms with Crippen LogP contribution in [0.15, 0.2) is 53.3 Å². The summed E-state index contributed by atoms with van der Waals surface area (Å²) in [4.78, 5) is 20.4. The van der Waals surface area contributed by atoms with Crippen LogP contribution < -0.4 is 10.9 Å². The molecule has 0 spiro atoms. The quantitative estimate of drug-likeness (QED) is 0.649. The van der Waals surface area contributed by atoms with Gasteiger partial charge in [0.05, 0.1) is 36.7 Å². The third-order valence-electron chi connectivity index (χ3n) is 5.51. The standard InChI is InChI=1S/C23H27FN4O2/c1-17(25-10-11-27-12-14-30-15-13-27)22-26-21-5-3-2-4-20(21)23(29)28(22)16-18-6-8-19(24)9-7-18/h2-9,17,25H,10-16H2,1H3. The Hall–Kier alpha value is -2.61. The fraction of sp³-hybridized carbons (Fsp3) is 0.391. The van der Waals surface area contributed by atoms with E-state index in [1.165, 1.54) is 12.1 Å².